The zero-order valence-electron chi connectivity index (χ0n) is 9.03. The molecule has 1 aromatic rings. The summed E-state index contributed by atoms with van der Waals surface area (Å²) in [6.07, 6.45) is 2.90. The molecule has 0 aliphatic heterocycles. The number of hydrogen-bond donors (Lipinski definition) is 1. The number of hydrogen-bond acceptors (Lipinski definition) is 3. The second-order valence-corrected chi connectivity index (χ2v) is 4.57. The molecule has 0 aliphatic carbocycles. The number of rotatable bonds is 5. The van der Waals surface area contributed by atoms with Gasteiger partial charge in [-0.25, -0.2) is 0 Å². The Hall–Kier alpha value is -0.450. The maximum absolute atomic E-state index is 10.2. The van der Waals surface area contributed by atoms with Gasteiger partial charge in [0.25, 0.3) is 0 Å². The molecule has 0 bridgehead atoms. The Morgan fingerprint density at radius 1 is 1.53 bits per heavy atom. The summed E-state index contributed by atoms with van der Waals surface area (Å²) in [6, 6.07) is 3.82. The first-order valence-corrected chi connectivity index (χ1v) is 5.70. The molecule has 84 valence electrons. The molecule has 0 spiro atoms. The van der Waals surface area contributed by atoms with Gasteiger partial charge in [-0.2, -0.15) is 0 Å². The second-order valence-electron chi connectivity index (χ2n) is 3.66. The van der Waals surface area contributed by atoms with Crippen LogP contribution < -0.4 is 0 Å². The number of nitrogens with zero attached hydrogens (tertiary/aromatic N) is 1. The minimum Gasteiger partial charge on any atom is -0.387 e. The Kier molecular flexibility index (Phi) is 4.70. The van der Waals surface area contributed by atoms with E-state index in [1.165, 1.54) is 0 Å². The van der Waals surface area contributed by atoms with Gasteiger partial charge < -0.3 is 9.84 Å². The van der Waals surface area contributed by atoms with E-state index in [0.29, 0.717) is 19.4 Å². The maximum Gasteiger partial charge on any atom is 0.0932 e. The van der Waals surface area contributed by atoms with Crippen molar-refractivity contribution in [3.8, 4) is 0 Å². The summed E-state index contributed by atoms with van der Waals surface area (Å²) >= 11 is 3.32. The third kappa shape index (κ3) is 3.89. The number of halogens is 1. The Bertz CT molecular complexity index is 302. The molecule has 0 aliphatic rings. The molecule has 4 heteroatoms. The average Bonchev–Trinajstić information content (AvgIpc) is 2.22. The van der Waals surface area contributed by atoms with E-state index in [1.807, 2.05) is 19.1 Å². The first kappa shape index (κ1) is 12.6. The van der Waals surface area contributed by atoms with Crippen LogP contribution >= 0.6 is 15.9 Å². The highest BCUT2D eigenvalue weighted by atomic mass is 79.9. The van der Waals surface area contributed by atoms with Crippen LogP contribution in [0.2, 0.25) is 0 Å². The predicted molar refractivity (Wildman–Crippen MR) is 62.8 cm³/mol. The van der Waals surface area contributed by atoms with E-state index < -0.39 is 5.60 Å². The fourth-order valence-corrected chi connectivity index (χ4v) is 1.63. The van der Waals surface area contributed by atoms with Gasteiger partial charge in [0.05, 0.1) is 12.2 Å². The molecule has 0 fully saturated rings. The van der Waals surface area contributed by atoms with Gasteiger partial charge in [0.1, 0.15) is 0 Å². The Labute approximate surface area is 98.6 Å². The standard InChI is InChI=1S/C11H16BrNO2/c1-3-11(14,8-15-2)6-10-5-4-9(12)7-13-10/h4-5,7,14H,3,6,8H2,1-2H3. The monoisotopic (exact) mass is 273 g/mol. The van der Waals surface area contributed by atoms with E-state index in [9.17, 15) is 5.11 Å². The smallest absolute Gasteiger partial charge is 0.0932 e. The summed E-state index contributed by atoms with van der Waals surface area (Å²) in [7, 11) is 1.59. The number of methoxy groups -OCH3 is 1. The first-order chi connectivity index (χ1) is 7.09. The molecule has 1 unspecified atom stereocenters. The molecule has 1 heterocycles. The third-order valence-electron chi connectivity index (χ3n) is 2.37. The molecule has 1 rings (SSSR count). The highest BCUT2D eigenvalue weighted by Gasteiger charge is 2.25. The molecule has 1 atom stereocenters. The van der Waals surface area contributed by atoms with Crippen molar-refractivity contribution in [2.75, 3.05) is 13.7 Å². The van der Waals surface area contributed by atoms with Crippen LogP contribution in [0.3, 0.4) is 0 Å². The summed E-state index contributed by atoms with van der Waals surface area (Å²) in [4.78, 5) is 4.23. The highest BCUT2D eigenvalue weighted by Crippen LogP contribution is 2.17. The van der Waals surface area contributed by atoms with Crippen LogP contribution in [0, 0.1) is 0 Å². The van der Waals surface area contributed by atoms with Crippen molar-refractivity contribution in [1.29, 1.82) is 0 Å². The molecule has 0 aromatic carbocycles. The molecular formula is C11H16BrNO2. The fraction of sp³-hybridized carbons (Fsp3) is 0.545. The zero-order chi connectivity index (χ0) is 11.3. The lowest BCUT2D eigenvalue weighted by molar-refractivity contribution is -0.0339. The van der Waals surface area contributed by atoms with Crippen LogP contribution in [0.5, 0.6) is 0 Å². The van der Waals surface area contributed by atoms with Crippen molar-refractivity contribution in [3.05, 3.63) is 28.5 Å². The number of ether oxygens (including phenoxy) is 1. The Morgan fingerprint density at radius 3 is 2.73 bits per heavy atom. The van der Waals surface area contributed by atoms with Gasteiger partial charge in [-0.05, 0) is 34.5 Å². The lowest BCUT2D eigenvalue weighted by Gasteiger charge is -2.25. The summed E-state index contributed by atoms with van der Waals surface area (Å²) in [6.45, 7) is 2.28. The normalized spacial score (nSPS) is 14.9. The van der Waals surface area contributed by atoms with E-state index in [2.05, 4.69) is 20.9 Å². The van der Waals surface area contributed by atoms with Gasteiger partial charge in [0.2, 0.25) is 0 Å². The van der Waals surface area contributed by atoms with E-state index in [1.54, 1.807) is 13.3 Å². The van der Waals surface area contributed by atoms with Crippen molar-refractivity contribution in [3.63, 3.8) is 0 Å². The predicted octanol–water partition coefficient (Wildman–Crippen LogP) is 2.17. The van der Waals surface area contributed by atoms with Gasteiger partial charge in [-0.15, -0.1) is 0 Å². The molecule has 3 nitrogen and oxygen atoms in total. The van der Waals surface area contributed by atoms with E-state index >= 15 is 0 Å². The minimum atomic E-state index is -0.810. The SMILES string of the molecule is CCC(O)(COC)Cc1ccc(Br)cn1. The number of aliphatic hydroxyl groups is 1. The topological polar surface area (TPSA) is 42.4 Å². The molecular weight excluding hydrogens is 258 g/mol. The van der Waals surface area contributed by atoms with Crippen molar-refractivity contribution in [2.45, 2.75) is 25.4 Å². The average molecular weight is 274 g/mol. The summed E-state index contributed by atoms with van der Waals surface area (Å²) in [5.41, 5.74) is 0.0647. The van der Waals surface area contributed by atoms with E-state index in [-0.39, 0.29) is 0 Å². The first-order valence-electron chi connectivity index (χ1n) is 4.91. The van der Waals surface area contributed by atoms with Crippen LogP contribution in [0.1, 0.15) is 19.0 Å². The van der Waals surface area contributed by atoms with Crippen LogP contribution in [-0.2, 0) is 11.2 Å². The molecule has 0 saturated carbocycles. The minimum absolute atomic E-state index is 0.335. The molecule has 0 amide bonds. The zero-order valence-corrected chi connectivity index (χ0v) is 10.6. The van der Waals surface area contributed by atoms with Crippen LogP contribution in [0.25, 0.3) is 0 Å². The molecule has 1 N–H and O–H groups in total. The van der Waals surface area contributed by atoms with E-state index in [4.69, 9.17) is 4.74 Å². The summed E-state index contributed by atoms with van der Waals surface area (Å²) in [5.74, 6) is 0. The largest absolute Gasteiger partial charge is 0.387 e. The third-order valence-corrected chi connectivity index (χ3v) is 2.84. The van der Waals surface area contributed by atoms with E-state index in [0.717, 1.165) is 10.2 Å². The molecule has 0 saturated heterocycles. The Balaban J connectivity index is 2.70. The molecule has 15 heavy (non-hydrogen) atoms. The van der Waals surface area contributed by atoms with Crippen LogP contribution in [0.15, 0.2) is 22.8 Å². The van der Waals surface area contributed by atoms with Crippen molar-refractivity contribution in [1.82, 2.24) is 4.98 Å². The summed E-state index contributed by atoms with van der Waals surface area (Å²) in [5, 5.41) is 10.2. The lowest BCUT2D eigenvalue weighted by Crippen LogP contribution is -2.36. The van der Waals surface area contributed by atoms with Crippen molar-refractivity contribution < 1.29 is 9.84 Å². The molecule has 1 aromatic heterocycles. The van der Waals surface area contributed by atoms with Gasteiger partial charge in [-0.3, -0.25) is 4.98 Å². The van der Waals surface area contributed by atoms with Crippen molar-refractivity contribution >= 4 is 15.9 Å². The van der Waals surface area contributed by atoms with Gasteiger partial charge in [0.15, 0.2) is 0 Å². The van der Waals surface area contributed by atoms with Gasteiger partial charge in [0, 0.05) is 29.9 Å². The molecule has 0 radical (unpaired) electrons. The second kappa shape index (κ2) is 5.58. The quantitative estimate of drug-likeness (QED) is 0.894. The summed E-state index contributed by atoms with van der Waals surface area (Å²) < 4.78 is 5.95. The van der Waals surface area contributed by atoms with Crippen LogP contribution in [0.4, 0.5) is 0 Å². The van der Waals surface area contributed by atoms with Gasteiger partial charge >= 0.3 is 0 Å². The maximum atomic E-state index is 10.2. The van der Waals surface area contributed by atoms with Gasteiger partial charge in [-0.1, -0.05) is 6.92 Å². The van der Waals surface area contributed by atoms with Crippen LogP contribution in [-0.4, -0.2) is 29.4 Å². The Morgan fingerprint density at radius 2 is 2.27 bits per heavy atom. The fourth-order valence-electron chi connectivity index (χ4n) is 1.39. The number of pyridine rings is 1. The lowest BCUT2D eigenvalue weighted by atomic mass is 9.95. The highest BCUT2D eigenvalue weighted by molar-refractivity contribution is 9.10. The number of aromatic nitrogens is 1. The van der Waals surface area contributed by atoms with Crippen molar-refractivity contribution in [2.24, 2.45) is 0 Å².